The monoisotopic (exact) mass is 145 g/mol. The maximum absolute atomic E-state index is 10.3. The van der Waals surface area contributed by atoms with Crippen LogP contribution in [0, 0.1) is 0 Å². The van der Waals surface area contributed by atoms with Crippen molar-refractivity contribution < 1.29 is 9.90 Å². The lowest BCUT2D eigenvalue weighted by Crippen LogP contribution is -2.24. The maximum Gasteiger partial charge on any atom is 0.216 e. The number of aliphatic hydroxyl groups excluding tert-OH is 1. The Morgan fingerprint density at radius 2 is 2.30 bits per heavy atom. The largest absolute Gasteiger partial charge is 0.393 e. The molecule has 2 N–H and O–H groups in total. The van der Waals surface area contributed by atoms with Crippen LogP contribution in [0.2, 0.25) is 0 Å². The van der Waals surface area contributed by atoms with Crippen LogP contribution in [0.4, 0.5) is 0 Å². The van der Waals surface area contributed by atoms with E-state index in [1.165, 1.54) is 6.92 Å². The quantitative estimate of drug-likeness (QED) is 0.597. The van der Waals surface area contributed by atoms with Gasteiger partial charge in [-0.25, -0.2) is 0 Å². The highest BCUT2D eigenvalue weighted by atomic mass is 16.3. The molecule has 0 aliphatic rings. The molecule has 0 aromatic rings. The summed E-state index contributed by atoms with van der Waals surface area (Å²) in [6.07, 6.45) is 1.13. The molecule has 0 aliphatic carbocycles. The van der Waals surface area contributed by atoms with Crippen LogP contribution in [0.3, 0.4) is 0 Å². The topological polar surface area (TPSA) is 49.3 Å². The van der Waals surface area contributed by atoms with Crippen molar-refractivity contribution in [2.45, 2.75) is 32.8 Å². The molecule has 60 valence electrons. The molecule has 3 nitrogen and oxygen atoms in total. The Morgan fingerprint density at radius 1 is 1.70 bits per heavy atom. The number of nitrogens with one attached hydrogen (secondary N) is 1. The fourth-order valence-electron chi connectivity index (χ4n) is 0.619. The zero-order valence-electron chi connectivity index (χ0n) is 6.55. The minimum Gasteiger partial charge on any atom is -0.393 e. The second-order valence-electron chi connectivity index (χ2n) is 2.33. The molecular formula is C7H15NO2. The Kier molecular flexibility index (Phi) is 4.94. The van der Waals surface area contributed by atoms with Crippen LogP contribution in [-0.4, -0.2) is 23.7 Å². The van der Waals surface area contributed by atoms with E-state index in [4.69, 9.17) is 5.11 Å². The molecule has 1 amide bonds. The van der Waals surface area contributed by atoms with Crippen molar-refractivity contribution in [2.75, 3.05) is 6.54 Å². The Balaban J connectivity index is 3.11. The molecule has 1 unspecified atom stereocenters. The third-order valence-electron chi connectivity index (χ3n) is 1.32. The molecule has 1 atom stereocenters. The van der Waals surface area contributed by atoms with E-state index in [0.717, 1.165) is 6.42 Å². The highest BCUT2D eigenvalue weighted by Crippen LogP contribution is 1.93. The van der Waals surface area contributed by atoms with Crippen LogP contribution < -0.4 is 5.32 Å². The van der Waals surface area contributed by atoms with Gasteiger partial charge in [-0.2, -0.15) is 0 Å². The summed E-state index contributed by atoms with van der Waals surface area (Å²) in [5, 5.41) is 11.6. The van der Waals surface area contributed by atoms with Gasteiger partial charge in [-0.3, -0.25) is 4.79 Å². The van der Waals surface area contributed by atoms with Gasteiger partial charge in [-0.05, 0) is 12.8 Å². The van der Waals surface area contributed by atoms with Crippen LogP contribution in [-0.2, 0) is 4.79 Å². The summed E-state index contributed by atoms with van der Waals surface area (Å²) in [5.74, 6) is -0.0386. The van der Waals surface area contributed by atoms with E-state index in [0.29, 0.717) is 13.0 Å². The van der Waals surface area contributed by atoms with Crippen LogP contribution in [0.15, 0.2) is 0 Å². The molecule has 0 aromatic carbocycles. The lowest BCUT2D eigenvalue weighted by atomic mass is 10.2. The average molecular weight is 145 g/mol. The van der Waals surface area contributed by atoms with Gasteiger partial charge < -0.3 is 10.4 Å². The first-order chi connectivity index (χ1) is 4.66. The van der Waals surface area contributed by atoms with Gasteiger partial charge in [0.05, 0.1) is 6.10 Å². The lowest BCUT2D eigenvalue weighted by molar-refractivity contribution is -0.119. The third-order valence-corrected chi connectivity index (χ3v) is 1.32. The molecule has 0 aromatic heterocycles. The van der Waals surface area contributed by atoms with Crippen molar-refractivity contribution in [1.29, 1.82) is 0 Å². The van der Waals surface area contributed by atoms with E-state index in [9.17, 15) is 4.79 Å². The van der Waals surface area contributed by atoms with Gasteiger partial charge in [0.15, 0.2) is 0 Å². The van der Waals surface area contributed by atoms with E-state index in [-0.39, 0.29) is 12.0 Å². The van der Waals surface area contributed by atoms with E-state index in [1.807, 2.05) is 6.92 Å². The van der Waals surface area contributed by atoms with Crippen LogP contribution >= 0.6 is 0 Å². The molecule has 0 saturated carbocycles. The van der Waals surface area contributed by atoms with Crippen LogP contribution in [0.1, 0.15) is 26.7 Å². The smallest absolute Gasteiger partial charge is 0.216 e. The molecule has 0 bridgehead atoms. The summed E-state index contributed by atoms with van der Waals surface area (Å²) >= 11 is 0. The Hall–Kier alpha value is -0.570. The molecule has 0 heterocycles. The maximum atomic E-state index is 10.3. The van der Waals surface area contributed by atoms with Crippen LogP contribution in [0.5, 0.6) is 0 Å². The van der Waals surface area contributed by atoms with Gasteiger partial charge in [-0.15, -0.1) is 0 Å². The van der Waals surface area contributed by atoms with Gasteiger partial charge in [0.2, 0.25) is 5.91 Å². The van der Waals surface area contributed by atoms with Crippen molar-refractivity contribution in [3.8, 4) is 0 Å². The Labute approximate surface area is 61.4 Å². The first-order valence-corrected chi connectivity index (χ1v) is 3.59. The zero-order chi connectivity index (χ0) is 7.98. The number of hydrogen-bond donors (Lipinski definition) is 2. The summed E-state index contributed by atoms with van der Waals surface area (Å²) in [6.45, 7) is 3.96. The third kappa shape index (κ3) is 5.56. The summed E-state index contributed by atoms with van der Waals surface area (Å²) in [5.41, 5.74) is 0. The van der Waals surface area contributed by atoms with Crippen molar-refractivity contribution in [3.63, 3.8) is 0 Å². The number of aliphatic hydroxyl groups is 1. The highest BCUT2D eigenvalue weighted by Gasteiger charge is 1.99. The summed E-state index contributed by atoms with van der Waals surface area (Å²) in [6, 6.07) is 0. The zero-order valence-corrected chi connectivity index (χ0v) is 6.55. The van der Waals surface area contributed by atoms with Gasteiger partial charge in [-0.1, -0.05) is 6.92 Å². The molecule has 0 fully saturated rings. The van der Waals surface area contributed by atoms with Gasteiger partial charge in [0, 0.05) is 13.5 Å². The summed E-state index contributed by atoms with van der Waals surface area (Å²) in [4.78, 5) is 10.3. The van der Waals surface area contributed by atoms with Crippen molar-refractivity contribution in [2.24, 2.45) is 0 Å². The van der Waals surface area contributed by atoms with E-state index in [2.05, 4.69) is 5.32 Å². The molecule has 0 rings (SSSR count). The van der Waals surface area contributed by atoms with Gasteiger partial charge >= 0.3 is 0 Å². The number of amides is 1. The van der Waals surface area contributed by atoms with Crippen LogP contribution in [0.25, 0.3) is 0 Å². The van der Waals surface area contributed by atoms with Crippen molar-refractivity contribution >= 4 is 5.91 Å². The lowest BCUT2D eigenvalue weighted by Gasteiger charge is -2.06. The Morgan fingerprint density at radius 3 is 2.70 bits per heavy atom. The molecular weight excluding hydrogens is 130 g/mol. The predicted molar refractivity (Wildman–Crippen MR) is 39.6 cm³/mol. The van der Waals surface area contributed by atoms with Crippen molar-refractivity contribution in [1.82, 2.24) is 5.32 Å². The average Bonchev–Trinajstić information content (AvgIpc) is 1.87. The molecule has 0 radical (unpaired) electrons. The summed E-state index contributed by atoms with van der Waals surface area (Å²) < 4.78 is 0. The standard InChI is InChI=1S/C7H15NO2/c1-3-7(10)4-5-8-6(2)9/h7,10H,3-5H2,1-2H3,(H,8,9). The van der Waals surface area contributed by atoms with E-state index < -0.39 is 0 Å². The molecule has 3 heteroatoms. The van der Waals surface area contributed by atoms with Gasteiger partial charge in [0.25, 0.3) is 0 Å². The predicted octanol–water partition coefficient (Wildman–Crippen LogP) is 0.283. The minimum absolute atomic E-state index is 0.0386. The SMILES string of the molecule is CCC(O)CCNC(C)=O. The minimum atomic E-state index is -0.271. The molecule has 0 saturated heterocycles. The molecule has 10 heavy (non-hydrogen) atoms. The van der Waals surface area contributed by atoms with E-state index in [1.54, 1.807) is 0 Å². The second kappa shape index (κ2) is 5.23. The number of rotatable bonds is 4. The fraction of sp³-hybridized carbons (Fsp3) is 0.857. The second-order valence-corrected chi connectivity index (χ2v) is 2.33. The molecule has 0 spiro atoms. The highest BCUT2D eigenvalue weighted by molar-refractivity contribution is 5.72. The van der Waals surface area contributed by atoms with Gasteiger partial charge in [0.1, 0.15) is 0 Å². The Bertz CT molecular complexity index is 104. The summed E-state index contributed by atoms with van der Waals surface area (Å²) in [7, 11) is 0. The number of carbonyl (C=O) groups excluding carboxylic acids is 1. The first-order valence-electron chi connectivity index (χ1n) is 3.59. The normalized spacial score (nSPS) is 12.7. The number of carbonyl (C=O) groups is 1. The first kappa shape index (κ1) is 9.43. The van der Waals surface area contributed by atoms with Crippen molar-refractivity contribution in [3.05, 3.63) is 0 Å². The van der Waals surface area contributed by atoms with E-state index >= 15 is 0 Å². The number of hydrogen-bond acceptors (Lipinski definition) is 2. The molecule has 0 aliphatic heterocycles. The fourth-order valence-corrected chi connectivity index (χ4v) is 0.619.